The Bertz CT molecular complexity index is 582. The molecule has 0 amide bonds. The molecule has 0 aliphatic carbocycles. The first kappa shape index (κ1) is 37.7. The molecule has 1 N–H and O–H groups in total. The SMILES string of the molecule is CCCCCCCCCCCCCC/C=C\CCCCCOC[C@H](COP(=O)(O)OCC[N+](C)(C)C)OC. The van der Waals surface area contributed by atoms with Crippen LogP contribution in [0.2, 0.25) is 0 Å². The van der Waals surface area contributed by atoms with Crippen LogP contribution in [0.1, 0.15) is 116 Å². The lowest BCUT2D eigenvalue weighted by Crippen LogP contribution is -2.37. The molecule has 0 aliphatic heterocycles. The summed E-state index contributed by atoms with van der Waals surface area (Å²) in [7, 11) is 3.43. The van der Waals surface area contributed by atoms with Crippen molar-refractivity contribution in [1.29, 1.82) is 0 Å². The van der Waals surface area contributed by atoms with E-state index < -0.39 is 13.9 Å². The molecule has 0 aromatic rings. The molecular weight excluding hydrogens is 501 g/mol. The van der Waals surface area contributed by atoms with Crippen LogP contribution in [0.15, 0.2) is 12.2 Å². The van der Waals surface area contributed by atoms with Crippen LogP contribution >= 0.6 is 7.82 Å². The third-order valence-corrected chi connectivity index (χ3v) is 7.61. The molecule has 7 nitrogen and oxygen atoms in total. The predicted octanol–water partition coefficient (Wildman–Crippen LogP) is 8.07. The van der Waals surface area contributed by atoms with E-state index in [-0.39, 0.29) is 13.2 Å². The number of phosphoric ester groups is 1. The van der Waals surface area contributed by atoms with E-state index in [1.165, 1.54) is 89.9 Å². The molecule has 2 atom stereocenters. The van der Waals surface area contributed by atoms with E-state index >= 15 is 0 Å². The zero-order valence-electron chi connectivity index (χ0n) is 25.7. The van der Waals surface area contributed by atoms with Crippen LogP contribution in [0.25, 0.3) is 0 Å². The molecule has 0 spiro atoms. The molecule has 0 radical (unpaired) electrons. The summed E-state index contributed by atoms with van der Waals surface area (Å²) in [6, 6.07) is 0. The van der Waals surface area contributed by atoms with Gasteiger partial charge < -0.3 is 18.9 Å². The minimum absolute atomic E-state index is 0.0430. The van der Waals surface area contributed by atoms with Gasteiger partial charge in [0.25, 0.3) is 0 Å². The van der Waals surface area contributed by atoms with Gasteiger partial charge in [-0.2, -0.15) is 0 Å². The van der Waals surface area contributed by atoms with Crippen molar-refractivity contribution in [3.05, 3.63) is 12.2 Å². The van der Waals surface area contributed by atoms with Gasteiger partial charge in [-0.25, -0.2) is 4.57 Å². The Kier molecular flexibility index (Phi) is 25.5. The Hall–Kier alpha value is -0.270. The lowest BCUT2D eigenvalue weighted by atomic mass is 10.0. The van der Waals surface area contributed by atoms with Gasteiger partial charge in [-0.15, -0.1) is 0 Å². The van der Waals surface area contributed by atoms with E-state index in [2.05, 4.69) is 19.1 Å². The van der Waals surface area contributed by atoms with Crippen molar-refractivity contribution in [2.24, 2.45) is 0 Å². The number of hydrogen-bond acceptors (Lipinski definition) is 5. The van der Waals surface area contributed by atoms with Crippen molar-refractivity contribution in [3.8, 4) is 0 Å². The molecule has 0 heterocycles. The van der Waals surface area contributed by atoms with Gasteiger partial charge in [0.05, 0.1) is 34.4 Å². The van der Waals surface area contributed by atoms with Crippen molar-refractivity contribution in [3.63, 3.8) is 0 Å². The summed E-state index contributed by atoms with van der Waals surface area (Å²) in [5, 5.41) is 0. The maximum Gasteiger partial charge on any atom is 0.472 e. The number of hydrogen-bond donors (Lipinski definition) is 1. The second-order valence-electron chi connectivity index (χ2n) is 11.5. The maximum atomic E-state index is 12.0. The highest BCUT2D eigenvalue weighted by molar-refractivity contribution is 7.47. The number of nitrogens with zero attached hydrogens (tertiary/aromatic N) is 1. The minimum atomic E-state index is -4.08. The number of ether oxygens (including phenoxy) is 2. The molecule has 0 fully saturated rings. The molecule has 0 saturated heterocycles. The first-order valence-corrected chi connectivity index (χ1v) is 16.9. The fourth-order valence-electron chi connectivity index (χ4n) is 4.03. The molecule has 1 unspecified atom stereocenters. The topological polar surface area (TPSA) is 74.2 Å². The van der Waals surface area contributed by atoms with Crippen molar-refractivity contribution in [2.75, 3.05) is 61.2 Å². The number of methoxy groups -OCH3 is 1. The fourth-order valence-corrected chi connectivity index (χ4v) is 4.77. The molecule has 0 aromatic carbocycles. The summed E-state index contributed by atoms with van der Waals surface area (Å²) in [6.07, 6.45) is 26.7. The summed E-state index contributed by atoms with van der Waals surface area (Å²) < 4.78 is 33.7. The van der Waals surface area contributed by atoms with Crippen molar-refractivity contribution >= 4 is 7.82 Å². The number of quaternary nitrogens is 1. The number of rotatable bonds is 29. The van der Waals surface area contributed by atoms with Crippen LogP contribution < -0.4 is 0 Å². The fraction of sp³-hybridized carbons (Fsp3) is 0.933. The summed E-state index contributed by atoms with van der Waals surface area (Å²) in [5.41, 5.74) is 0. The molecule has 8 heteroatoms. The molecule has 228 valence electrons. The predicted molar refractivity (Wildman–Crippen MR) is 160 cm³/mol. The smallest absolute Gasteiger partial charge is 0.379 e. The van der Waals surface area contributed by atoms with Gasteiger partial charge in [0.2, 0.25) is 0 Å². The van der Waals surface area contributed by atoms with E-state index in [0.29, 0.717) is 24.2 Å². The van der Waals surface area contributed by atoms with Gasteiger partial charge in [0.15, 0.2) is 0 Å². The standard InChI is InChI=1S/C30H62NO6P/c1-6-7-8-9-10-11-12-13-14-15-16-17-18-19-20-21-22-23-24-26-35-28-30(34-5)29-37-38(32,33)36-27-25-31(2,3)4/h19-20,30H,6-18,21-29H2,1-5H3/p+1/b20-19-/t30-/m1/s1. The molecule has 0 saturated carbocycles. The Morgan fingerprint density at radius 2 is 1.21 bits per heavy atom. The van der Waals surface area contributed by atoms with Crippen molar-refractivity contribution in [2.45, 2.75) is 122 Å². The van der Waals surface area contributed by atoms with Gasteiger partial charge in [-0.05, 0) is 32.1 Å². The highest BCUT2D eigenvalue weighted by Gasteiger charge is 2.24. The Balaban J connectivity index is 3.51. The van der Waals surface area contributed by atoms with Gasteiger partial charge in [-0.1, -0.05) is 96.1 Å². The lowest BCUT2D eigenvalue weighted by Gasteiger charge is -2.24. The Morgan fingerprint density at radius 3 is 1.71 bits per heavy atom. The first-order valence-electron chi connectivity index (χ1n) is 15.4. The number of phosphoric acid groups is 1. The molecular formula is C30H63NO6P+. The van der Waals surface area contributed by atoms with E-state index in [0.717, 1.165) is 19.3 Å². The summed E-state index contributed by atoms with van der Waals surface area (Å²) in [5.74, 6) is 0. The van der Waals surface area contributed by atoms with Gasteiger partial charge in [0, 0.05) is 13.7 Å². The molecule has 0 aliphatic rings. The number of unbranched alkanes of at least 4 members (excludes halogenated alkanes) is 15. The normalized spacial score (nSPS) is 14.8. The number of allylic oxidation sites excluding steroid dienone is 2. The second kappa shape index (κ2) is 25.7. The van der Waals surface area contributed by atoms with Crippen LogP contribution in [0.3, 0.4) is 0 Å². The summed E-state index contributed by atoms with van der Waals surface area (Å²) in [4.78, 5) is 9.80. The van der Waals surface area contributed by atoms with Crippen molar-refractivity contribution < 1.29 is 32.5 Å². The monoisotopic (exact) mass is 564 g/mol. The van der Waals surface area contributed by atoms with E-state index in [9.17, 15) is 9.46 Å². The molecule has 0 rings (SSSR count). The van der Waals surface area contributed by atoms with Crippen LogP contribution in [-0.2, 0) is 23.1 Å². The highest BCUT2D eigenvalue weighted by Crippen LogP contribution is 2.43. The van der Waals surface area contributed by atoms with Gasteiger partial charge in [-0.3, -0.25) is 9.05 Å². The van der Waals surface area contributed by atoms with Crippen molar-refractivity contribution in [1.82, 2.24) is 0 Å². The zero-order valence-corrected chi connectivity index (χ0v) is 26.6. The largest absolute Gasteiger partial charge is 0.472 e. The van der Waals surface area contributed by atoms with Crippen LogP contribution in [0.5, 0.6) is 0 Å². The first-order chi connectivity index (χ1) is 18.2. The van der Waals surface area contributed by atoms with Crippen LogP contribution in [0, 0.1) is 0 Å². The minimum Gasteiger partial charge on any atom is -0.379 e. The van der Waals surface area contributed by atoms with Gasteiger partial charge >= 0.3 is 7.82 Å². The quantitative estimate of drug-likeness (QED) is 0.0429. The van der Waals surface area contributed by atoms with E-state index in [4.69, 9.17) is 18.5 Å². The van der Waals surface area contributed by atoms with E-state index in [1.54, 1.807) is 7.11 Å². The van der Waals surface area contributed by atoms with Gasteiger partial charge in [0.1, 0.15) is 19.3 Å². The van der Waals surface area contributed by atoms with Crippen LogP contribution in [0.4, 0.5) is 0 Å². The average Bonchev–Trinajstić information content (AvgIpc) is 2.85. The summed E-state index contributed by atoms with van der Waals surface area (Å²) in [6.45, 7) is 3.98. The Labute approximate surface area is 235 Å². The highest BCUT2D eigenvalue weighted by atomic mass is 31.2. The van der Waals surface area contributed by atoms with E-state index in [1.807, 2.05) is 21.1 Å². The molecule has 38 heavy (non-hydrogen) atoms. The number of likely N-dealkylation sites (N-methyl/N-ethyl adjacent to an activating group) is 1. The molecule has 0 aromatic heterocycles. The lowest BCUT2D eigenvalue weighted by molar-refractivity contribution is -0.870. The third kappa shape index (κ3) is 28.7. The van der Waals surface area contributed by atoms with Crippen LogP contribution in [-0.4, -0.2) is 76.7 Å². The third-order valence-electron chi connectivity index (χ3n) is 6.63. The zero-order chi connectivity index (χ0) is 28.4. The average molecular weight is 565 g/mol. The maximum absolute atomic E-state index is 12.0. The Morgan fingerprint density at radius 1 is 0.711 bits per heavy atom. The molecule has 0 bridgehead atoms. The second-order valence-corrected chi connectivity index (χ2v) is 13.0. The summed E-state index contributed by atoms with van der Waals surface area (Å²) >= 11 is 0.